The maximum atomic E-state index is 5.13. The van der Waals surface area contributed by atoms with Crippen molar-refractivity contribution in [3.8, 4) is 5.75 Å². The van der Waals surface area contributed by atoms with E-state index in [0.717, 1.165) is 11.3 Å². The standard InChI is InChI=1S/C12H14NO2/c1-14-12-4-2-3-11(7-12)9-15-13-8-10-5-6-10/h2-4,7,10H,5-6,9H2,1H3. The molecule has 0 spiro atoms. The summed E-state index contributed by atoms with van der Waals surface area (Å²) in [6.45, 7) is 0.469. The van der Waals surface area contributed by atoms with E-state index in [0.29, 0.717) is 12.5 Å². The van der Waals surface area contributed by atoms with Crippen LogP contribution in [0.4, 0.5) is 0 Å². The number of rotatable bonds is 5. The van der Waals surface area contributed by atoms with Gasteiger partial charge in [0.1, 0.15) is 18.6 Å². The Kier molecular flexibility index (Phi) is 3.22. The van der Waals surface area contributed by atoms with Crippen molar-refractivity contribution in [2.45, 2.75) is 19.4 Å². The highest BCUT2D eigenvalue weighted by molar-refractivity contribution is 5.62. The molecule has 2 rings (SSSR count). The number of hydrogen-bond acceptors (Lipinski definition) is 3. The van der Waals surface area contributed by atoms with Gasteiger partial charge in [0, 0.05) is 5.92 Å². The fourth-order valence-corrected chi connectivity index (χ4v) is 1.19. The minimum absolute atomic E-state index is 0.469. The number of benzene rings is 1. The zero-order valence-electron chi connectivity index (χ0n) is 8.77. The molecule has 0 bridgehead atoms. The van der Waals surface area contributed by atoms with Gasteiger partial charge < -0.3 is 9.57 Å². The minimum atomic E-state index is 0.469. The predicted molar refractivity (Wildman–Crippen MR) is 57.9 cm³/mol. The van der Waals surface area contributed by atoms with E-state index >= 15 is 0 Å². The van der Waals surface area contributed by atoms with Crippen LogP contribution in [0.15, 0.2) is 29.4 Å². The van der Waals surface area contributed by atoms with Crippen molar-refractivity contribution >= 4 is 6.21 Å². The summed E-state index contributed by atoms with van der Waals surface area (Å²) in [4.78, 5) is 5.13. The molecule has 0 unspecified atom stereocenters. The molecule has 0 amide bonds. The fourth-order valence-electron chi connectivity index (χ4n) is 1.19. The van der Waals surface area contributed by atoms with E-state index in [-0.39, 0.29) is 0 Å². The van der Waals surface area contributed by atoms with E-state index in [1.54, 1.807) is 7.11 Å². The lowest BCUT2D eigenvalue weighted by atomic mass is 10.2. The van der Waals surface area contributed by atoms with Crippen LogP contribution in [-0.4, -0.2) is 13.3 Å². The largest absolute Gasteiger partial charge is 0.497 e. The second-order valence-corrected chi connectivity index (χ2v) is 3.62. The van der Waals surface area contributed by atoms with Gasteiger partial charge in [0.25, 0.3) is 0 Å². The van der Waals surface area contributed by atoms with Crippen LogP contribution < -0.4 is 4.74 Å². The van der Waals surface area contributed by atoms with Gasteiger partial charge in [0.15, 0.2) is 0 Å². The Morgan fingerprint density at radius 2 is 2.33 bits per heavy atom. The average Bonchev–Trinajstić information content (AvgIpc) is 3.09. The molecule has 15 heavy (non-hydrogen) atoms. The first-order valence-corrected chi connectivity index (χ1v) is 5.09. The first kappa shape index (κ1) is 10.0. The van der Waals surface area contributed by atoms with Crippen LogP contribution in [0.5, 0.6) is 5.75 Å². The molecule has 1 aliphatic rings. The van der Waals surface area contributed by atoms with Crippen LogP contribution in [0, 0.1) is 5.92 Å². The summed E-state index contributed by atoms with van der Waals surface area (Å²) in [6, 6.07) is 7.76. The summed E-state index contributed by atoms with van der Waals surface area (Å²) < 4.78 is 5.11. The van der Waals surface area contributed by atoms with E-state index in [2.05, 4.69) is 11.4 Å². The lowest BCUT2D eigenvalue weighted by Crippen LogP contribution is -1.89. The number of hydrogen-bond donors (Lipinski definition) is 0. The SMILES string of the molecule is COc1cccc(CO/N=[C]\C2CC2)c1. The summed E-state index contributed by atoms with van der Waals surface area (Å²) in [6.07, 6.45) is 5.33. The molecular formula is C12H14NO2. The van der Waals surface area contributed by atoms with Gasteiger partial charge in [-0.2, -0.15) is 0 Å². The molecule has 3 nitrogen and oxygen atoms in total. The molecule has 79 valence electrons. The summed E-state index contributed by atoms with van der Waals surface area (Å²) in [5.74, 6) is 1.38. The van der Waals surface area contributed by atoms with Crippen molar-refractivity contribution in [2.75, 3.05) is 7.11 Å². The van der Waals surface area contributed by atoms with E-state index in [1.165, 1.54) is 12.8 Å². The summed E-state index contributed by atoms with van der Waals surface area (Å²) in [5, 5.41) is 3.79. The van der Waals surface area contributed by atoms with E-state index in [4.69, 9.17) is 9.57 Å². The normalized spacial score (nSPS) is 15.5. The van der Waals surface area contributed by atoms with Crippen molar-refractivity contribution in [2.24, 2.45) is 11.1 Å². The molecule has 0 aromatic heterocycles. The molecule has 0 atom stereocenters. The lowest BCUT2D eigenvalue weighted by molar-refractivity contribution is 0.131. The number of ether oxygens (including phenoxy) is 1. The molecule has 1 saturated carbocycles. The Balaban J connectivity index is 1.81. The number of methoxy groups -OCH3 is 1. The molecule has 3 heteroatoms. The molecule has 0 aliphatic heterocycles. The lowest BCUT2D eigenvalue weighted by Gasteiger charge is -2.02. The third-order valence-electron chi connectivity index (χ3n) is 2.24. The smallest absolute Gasteiger partial charge is 0.142 e. The van der Waals surface area contributed by atoms with Crippen molar-refractivity contribution < 1.29 is 9.57 Å². The Hall–Kier alpha value is -1.51. The monoisotopic (exact) mass is 204 g/mol. The van der Waals surface area contributed by atoms with Crippen LogP contribution in [0.25, 0.3) is 0 Å². The highest BCUT2D eigenvalue weighted by atomic mass is 16.6. The second kappa shape index (κ2) is 4.82. The molecule has 1 fully saturated rings. The molecule has 0 heterocycles. The maximum absolute atomic E-state index is 5.13. The van der Waals surface area contributed by atoms with Crippen LogP contribution in [0.2, 0.25) is 0 Å². The van der Waals surface area contributed by atoms with Gasteiger partial charge >= 0.3 is 0 Å². The van der Waals surface area contributed by atoms with E-state index in [9.17, 15) is 0 Å². The molecular weight excluding hydrogens is 190 g/mol. The summed E-state index contributed by atoms with van der Waals surface area (Å²) >= 11 is 0. The van der Waals surface area contributed by atoms with Crippen LogP contribution >= 0.6 is 0 Å². The van der Waals surface area contributed by atoms with Gasteiger partial charge in [0.2, 0.25) is 0 Å². The van der Waals surface area contributed by atoms with Crippen molar-refractivity contribution in [1.29, 1.82) is 0 Å². The maximum Gasteiger partial charge on any atom is 0.142 e. The van der Waals surface area contributed by atoms with Gasteiger partial charge in [0.05, 0.1) is 7.11 Å². The number of nitrogens with zero attached hydrogens (tertiary/aromatic N) is 1. The third kappa shape index (κ3) is 3.27. The molecule has 0 saturated heterocycles. The predicted octanol–water partition coefficient (Wildman–Crippen LogP) is 2.48. The Bertz CT molecular complexity index is 345. The van der Waals surface area contributed by atoms with Gasteiger partial charge in [-0.05, 0) is 30.5 Å². The minimum Gasteiger partial charge on any atom is -0.497 e. The average molecular weight is 204 g/mol. The molecule has 1 aromatic carbocycles. The van der Waals surface area contributed by atoms with Crippen LogP contribution in [-0.2, 0) is 11.4 Å². The molecule has 0 N–H and O–H groups in total. The second-order valence-electron chi connectivity index (χ2n) is 3.62. The Labute approximate surface area is 89.7 Å². The third-order valence-corrected chi connectivity index (χ3v) is 2.24. The first-order chi connectivity index (χ1) is 7.38. The zero-order valence-corrected chi connectivity index (χ0v) is 8.77. The first-order valence-electron chi connectivity index (χ1n) is 5.09. The topological polar surface area (TPSA) is 30.8 Å². The molecule has 1 aliphatic carbocycles. The van der Waals surface area contributed by atoms with Crippen molar-refractivity contribution in [1.82, 2.24) is 0 Å². The van der Waals surface area contributed by atoms with E-state index in [1.807, 2.05) is 24.3 Å². The van der Waals surface area contributed by atoms with Gasteiger partial charge in [-0.15, -0.1) is 0 Å². The molecule has 1 radical (unpaired) electrons. The van der Waals surface area contributed by atoms with Crippen LogP contribution in [0.3, 0.4) is 0 Å². The van der Waals surface area contributed by atoms with Gasteiger partial charge in [-0.1, -0.05) is 17.3 Å². The van der Waals surface area contributed by atoms with Gasteiger partial charge in [-0.3, -0.25) is 0 Å². The highest BCUT2D eigenvalue weighted by Crippen LogP contribution is 2.26. The quantitative estimate of drug-likeness (QED) is 0.545. The summed E-state index contributed by atoms with van der Waals surface area (Å²) in [5.41, 5.74) is 1.05. The van der Waals surface area contributed by atoms with Crippen LogP contribution in [0.1, 0.15) is 18.4 Å². The highest BCUT2D eigenvalue weighted by Gasteiger charge is 2.19. The fraction of sp³-hybridized carbons (Fsp3) is 0.417. The van der Waals surface area contributed by atoms with E-state index < -0.39 is 0 Å². The summed E-state index contributed by atoms with van der Waals surface area (Å²) in [7, 11) is 1.65. The van der Waals surface area contributed by atoms with Crippen molar-refractivity contribution in [3.63, 3.8) is 0 Å². The van der Waals surface area contributed by atoms with Crippen molar-refractivity contribution in [3.05, 3.63) is 29.8 Å². The Morgan fingerprint density at radius 1 is 1.47 bits per heavy atom. The Morgan fingerprint density at radius 3 is 3.07 bits per heavy atom. The zero-order chi connectivity index (χ0) is 10.5. The van der Waals surface area contributed by atoms with Gasteiger partial charge in [-0.25, -0.2) is 0 Å². The molecule has 1 aromatic rings.